The van der Waals surface area contributed by atoms with Crippen LogP contribution in [0, 0.1) is 0 Å². The van der Waals surface area contributed by atoms with E-state index >= 15 is 0 Å². The highest BCUT2D eigenvalue weighted by molar-refractivity contribution is 7.99. The van der Waals surface area contributed by atoms with Crippen LogP contribution in [0.3, 0.4) is 0 Å². The summed E-state index contributed by atoms with van der Waals surface area (Å²) in [5.74, 6) is 1.66. The minimum Gasteiger partial charge on any atom is -0.394 e. The molecule has 2 aromatic rings. The van der Waals surface area contributed by atoms with Gasteiger partial charge in [0.05, 0.1) is 29.0 Å². The highest BCUT2D eigenvalue weighted by atomic mass is 32.2. The minimum absolute atomic E-state index is 0.0274. The molecule has 21 heavy (non-hydrogen) atoms. The second kappa shape index (κ2) is 8.21. The van der Waals surface area contributed by atoms with Crippen molar-refractivity contribution >= 4 is 29.0 Å². The van der Waals surface area contributed by atoms with Crippen molar-refractivity contribution in [3.63, 3.8) is 0 Å². The summed E-state index contributed by atoms with van der Waals surface area (Å²) in [5, 5.41) is 17.8. The predicted octanol–water partition coefficient (Wildman–Crippen LogP) is 2.52. The molecule has 0 radical (unpaired) electrons. The lowest BCUT2D eigenvalue weighted by atomic mass is 10.2. The fraction of sp³-hybridized carbons (Fsp3) is 0.429. The van der Waals surface area contributed by atoms with Crippen LogP contribution >= 0.6 is 23.1 Å². The maximum atomic E-state index is 11.7. The lowest BCUT2D eigenvalue weighted by molar-refractivity contribution is -0.119. The predicted molar refractivity (Wildman–Crippen MR) is 85.3 cm³/mol. The fourth-order valence-electron chi connectivity index (χ4n) is 1.71. The Morgan fingerprint density at radius 2 is 2.48 bits per heavy atom. The molecule has 1 amide bonds. The van der Waals surface area contributed by atoms with Crippen LogP contribution in [0.2, 0.25) is 0 Å². The molecule has 0 aliphatic carbocycles. The molecule has 7 heteroatoms. The zero-order valence-electron chi connectivity index (χ0n) is 11.7. The van der Waals surface area contributed by atoms with Crippen molar-refractivity contribution in [1.29, 1.82) is 0 Å². The van der Waals surface area contributed by atoms with E-state index in [0.717, 1.165) is 22.8 Å². The third kappa shape index (κ3) is 4.87. The van der Waals surface area contributed by atoms with Crippen molar-refractivity contribution in [3.05, 3.63) is 29.3 Å². The first-order valence-electron chi connectivity index (χ1n) is 6.70. The van der Waals surface area contributed by atoms with Gasteiger partial charge in [0.2, 0.25) is 5.91 Å². The number of rotatable bonds is 8. The van der Waals surface area contributed by atoms with Crippen LogP contribution in [-0.4, -0.2) is 34.6 Å². The van der Waals surface area contributed by atoms with Gasteiger partial charge in [-0.3, -0.25) is 4.79 Å². The number of nitrogens with one attached hydrogen (secondary N) is 1. The van der Waals surface area contributed by atoms with Crippen molar-refractivity contribution in [2.45, 2.75) is 25.1 Å². The molecular formula is C14H18N2O3S2. The van der Waals surface area contributed by atoms with E-state index in [0.29, 0.717) is 11.5 Å². The van der Waals surface area contributed by atoms with Gasteiger partial charge < -0.3 is 14.9 Å². The lowest BCUT2D eigenvalue weighted by Crippen LogP contribution is -2.37. The Hall–Kier alpha value is -1.31. The lowest BCUT2D eigenvalue weighted by Gasteiger charge is -2.13. The molecule has 5 nitrogen and oxygen atoms in total. The molecule has 2 N–H and O–H groups in total. The molecule has 2 rings (SSSR count). The smallest absolute Gasteiger partial charge is 0.230 e. The standard InChI is InChI=1S/C14H18N2O3S2/c1-2-10(7-17)15-14(18)9-20-8-11-6-12(19-16-11)13-4-3-5-21-13/h3-6,10,17H,2,7-9H2,1H3,(H,15,18). The zero-order valence-corrected chi connectivity index (χ0v) is 13.4. The number of thiophene rings is 1. The van der Waals surface area contributed by atoms with Crippen molar-refractivity contribution in [1.82, 2.24) is 10.5 Å². The summed E-state index contributed by atoms with van der Waals surface area (Å²) in [4.78, 5) is 12.7. The van der Waals surface area contributed by atoms with Gasteiger partial charge in [-0.05, 0) is 17.9 Å². The molecule has 0 fully saturated rings. The highest BCUT2D eigenvalue weighted by Crippen LogP contribution is 2.26. The van der Waals surface area contributed by atoms with Gasteiger partial charge in [0, 0.05) is 11.8 Å². The van der Waals surface area contributed by atoms with Crippen molar-refractivity contribution in [2.24, 2.45) is 0 Å². The summed E-state index contributed by atoms with van der Waals surface area (Å²) in [6, 6.07) is 5.69. The summed E-state index contributed by atoms with van der Waals surface area (Å²) in [6.07, 6.45) is 0.723. The Morgan fingerprint density at radius 1 is 1.62 bits per heavy atom. The minimum atomic E-state index is -0.157. The maximum absolute atomic E-state index is 11.7. The Labute approximate surface area is 131 Å². The van der Waals surface area contributed by atoms with Gasteiger partial charge in [0.15, 0.2) is 5.76 Å². The monoisotopic (exact) mass is 326 g/mol. The molecule has 1 unspecified atom stereocenters. The number of carbonyl (C=O) groups excluding carboxylic acids is 1. The van der Waals surface area contributed by atoms with E-state index in [-0.39, 0.29) is 18.6 Å². The molecule has 114 valence electrons. The first kappa shape index (κ1) is 16.1. The fourth-order valence-corrected chi connectivity index (χ4v) is 3.10. The average molecular weight is 326 g/mol. The zero-order chi connectivity index (χ0) is 15.1. The van der Waals surface area contributed by atoms with Crippen LogP contribution in [0.4, 0.5) is 0 Å². The average Bonchev–Trinajstić information content (AvgIpc) is 3.15. The van der Waals surface area contributed by atoms with Crippen molar-refractivity contribution in [3.8, 4) is 10.6 Å². The van der Waals surface area contributed by atoms with Crippen molar-refractivity contribution in [2.75, 3.05) is 12.4 Å². The van der Waals surface area contributed by atoms with Crippen LogP contribution in [0.25, 0.3) is 10.6 Å². The summed E-state index contributed by atoms with van der Waals surface area (Å²) in [5.41, 5.74) is 0.824. The summed E-state index contributed by atoms with van der Waals surface area (Å²) < 4.78 is 5.28. The number of thioether (sulfide) groups is 1. The third-order valence-electron chi connectivity index (χ3n) is 2.88. The van der Waals surface area contributed by atoms with E-state index in [1.54, 1.807) is 11.3 Å². The Kier molecular flexibility index (Phi) is 6.28. The van der Waals surface area contributed by atoms with Crippen LogP contribution in [-0.2, 0) is 10.5 Å². The van der Waals surface area contributed by atoms with Crippen LogP contribution in [0.15, 0.2) is 28.1 Å². The van der Waals surface area contributed by atoms with Crippen LogP contribution in [0.1, 0.15) is 19.0 Å². The van der Waals surface area contributed by atoms with Gasteiger partial charge in [0.25, 0.3) is 0 Å². The molecule has 0 aliphatic heterocycles. The SMILES string of the molecule is CCC(CO)NC(=O)CSCc1cc(-c2cccs2)on1. The topological polar surface area (TPSA) is 75.4 Å². The number of amides is 1. The van der Waals surface area contributed by atoms with Gasteiger partial charge in [-0.15, -0.1) is 23.1 Å². The molecular weight excluding hydrogens is 308 g/mol. The largest absolute Gasteiger partial charge is 0.394 e. The third-order valence-corrected chi connectivity index (χ3v) is 4.73. The number of aromatic nitrogens is 1. The number of carbonyl (C=O) groups is 1. The normalized spacial score (nSPS) is 12.3. The maximum Gasteiger partial charge on any atom is 0.230 e. The second-order valence-electron chi connectivity index (χ2n) is 4.51. The Balaban J connectivity index is 1.75. The summed E-state index contributed by atoms with van der Waals surface area (Å²) in [7, 11) is 0. The van der Waals surface area contributed by atoms with Crippen LogP contribution < -0.4 is 5.32 Å². The van der Waals surface area contributed by atoms with E-state index in [4.69, 9.17) is 9.63 Å². The van der Waals surface area contributed by atoms with Gasteiger partial charge in [-0.2, -0.15) is 0 Å². The number of aliphatic hydroxyl groups is 1. The molecule has 0 aromatic carbocycles. The van der Waals surface area contributed by atoms with Gasteiger partial charge in [-0.1, -0.05) is 18.1 Å². The van der Waals surface area contributed by atoms with E-state index in [9.17, 15) is 4.79 Å². The first-order valence-corrected chi connectivity index (χ1v) is 8.73. The quantitative estimate of drug-likeness (QED) is 0.779. The van der Waals surface area contributed by atoms with Gasteiger partial charge in [-0.25, -0.2) is 0 Å². The molecule has 0 saturated carbocycles. The molecule has 2 heterocycles. The molecule has 0 saturated heterocycles. The molecule has 0 aliphatic rings. The second-order valence-corrected chi connectivity index (χ2v) is 6.44. The number of aliphatic hydroxyl groups excluding tert-OH is 1. The summed E-state index contributed by atoms with van der Waals surface area (Å²) >= 11 is 3.08. The van der Waals surface area contributed by atoms with Crippen LogP contribution in [0.5, 0.6) is 0 Å². The van der Waals surface area contributed by atoms with Gasteiger partial charge in [0.1, 0.15) is 0 Å². The Bertz CT molecular complexity index is 550. The molecule has 0 spiro atoms. The van der Waals surface area contributed by atoms with E-state index in [1.807, 2.05) is 30.5 Å². The number of hydrogen-bond donors (Lipinski definition) is 2. The van der Waals surface area contributed by atoms with Gasteiger partial charge >= 0.3 is 0 Å². The first-order chi connectivity index (χ1) is 10.2. The number of hydrogen-bond acceptors (Lipinski definition) is 6. The number of nitrogens with zero attached hydrogens (tertiary/aromatic N) is 1. The summed E-state index contributed by atoms with van der Waals surface area (Å²) in [6.45, 7) is 1.90. The Morgan fingerprint density at radius 3 is 3.14 bits per heavy atom. The van der Waals surface area contributed by atoms with E-state index in [2.05, 4.69) is 10.5 Å². The molecule has 2 aromatic heterocycles. The van der Waals surface area contributed by atoms with E-state index < -0.39 is 0 Å². The molecule has 0 bridgehead atoms. The molecule has 1 atom stereocenters. The highest BCUT2D eigenvalue weighted by Gasteiger charge is 2.11. The van der Waals surface area contributed by atoms with Crippen molar-refractivity contribution < 1.29 is 14.4 Å². The van der Waals surface area contributed by atoms with E-state index in [1.165, 1.54) is 11.8 Å².